The molecule has 1 aliphatic rings. The van der Waals surface area contributed by atoms with E-state index in [-0.39, 0.29) is 19.1 Å². The third kappa shape index (κ3) is 5.12. The molecule has 1 aromatic heterocycles. The van der Waals surface area contributed by atoms with Gasteiger partial charge in [0.05, 0.1) is 17.8 Å². The van der Waals surface area contributed by atoms with E-state index in [0.717, 1.165) is 18.6 Å². The van der Waals surface area contributed by atoms with Crippen LogP contribution in [0.25, 0.3) is 0 Å². The molecule has 1 aromatic carbocycles. The Bertz CT molecular complexity index is 947. The molecule has 31 heavy (non-hydrogen) atoms. The van der Waals surface area contributed by atoms with Crippen LogP contribution in [-0.4, -0.2) is 48.0 Å². The summed E-state index contributed by atoms with van der Waals surface area (Å²) in [5.41, 5.74) is -1.89. The number of carbonyl (C=O) groups is 2. The number of halogens is 4. The quantitative estimate of drug-likeness (QED) is 0.724. The fourth-order valence-electron chi connectivity index (χ4n) is 3.36. The summed E-state index contributed by atoms with van der Waals surface area (Å²) in [7, 11) is 0. The summed E-state index contributed by atoms with van der Waals surface area (Å²) in [6, 6.07) is 5.98. The zero-order chi connectivity index (χ0) is 22.6. The molecule has 2 amide bonds. The maximum atomic E-state index is 13.9. The van der Waals surface area contributed by atoms with Crippen LogP contribution in [0.1, 0.15) is 46.0 Å². The minimum absolute atomic E-state index is 0.00101. The number of hydrogen-bond donors (Lipinski definition) is 1. The van der Waals surface area contributed by atoms with Gasteiger partial charge in [-0.15, -0.1) is 0 Å². The molecule has 166 valence electrons. The highest BCUT2D eigenvalue weighted by Crippen LogP contribution is 2.35. The molecule has 2 heterocycles. The number of benzene rings is 1. The molecule has 6 nitrogen and oxygen atoms in total. The number of hydrogen-bond acceptors (Lipinski definition) is 4. The molecule has 1 aliphatic heterocycles. The highest BCUT2D eigenvalue weighted by Gasteiger charge is 2.39. The van der Waals surface area contributed by atoms with Crippen molar-refractivity contribution in [1.29, 1.82) is 0 Å². The van der Waals surface area contributed by atoms with Crippen LogP contribution < -0.4 is 10.2 Å². The van der Waals surface area contributed by atoms with Crippen LogP contribution >= 0.6 is 0 Å². The van der Waals surface area contributed by atoms with E-state index in [2.05, 4.69) is 10.3 Å². The largest absolute Gasteiger partial charge is 0.420 e. The minimum Gasteiger partial charge on any atom is -0.352 e. The van der Waals surface area contributed by atoms with Gasteiger partial charge in [0.15, 0.2) is 0 Å². The Kier molecular flexibility index (Phi) is 6.77. The maximum Gasteiger partial charge on any atom is 0.420 e. The molecular formula is C21H22F4N4O2. The van der Waals surface area contributed by atoms with Crippen molar-refractivity contribution in [3.05, 3.63) is 59.0 Å². The molecule has 3 rings (SSSR count). The lowest BCUT2D eigenvalue weighted by Crippen LogP contribution is -2.48. The normalized spacial score (nSPS) is 14.5. The lowest BCUT2D eigenvalue weighted by Gasteiger charge is -2.36. The predicted octanol–water partition coefficient (Wildman–Crippen LogP) is 3.69. The van der Waals surface area contributed by atoms with Gasteiger partial charge in [-0.25, -0.2) is 9.37 Å². The SMILES string of the molecule is CCCNC(=O)c1ccc(N2CCCN(C(=O)c3cccc(F)c3C(F)(F)F)C2)nc1. The molecule has 0 spiro atoms. The van der Waals surface area contributed by atoms with E-state index in [4.69, 9.17) is 0 Å². The van der Waals surface area contributed by atoms with Crippen LogP contribution in [0.5, 0.6) is 0 Å². The van der Waals surface area contributed by atoms with Crippen molar-refractivity contribution in [3.63, 3.8) is 0 Å². The molecule has 1 N–H and O–H groups in total. The first-order valence-electron chi connectivity index (χ1n) is 9.86. The second kappa shape index (κ2) is 9.32. The Labute approximate surface area is 176 Å². The van der Waals surface area contributed by atoms with E-state index in [9.17, 15) is 27.2 Å². The van der Waals surface area contributed by atoms with Gasteiger partial charge in [-0.05, 0) is 37.1 Å². The van der Waals surface area contributed by atoms with Crippen molar-refractivity contribution in [2.24, 2.45) is 0 Å². The number of alkyl halides is 3. The molecule has 0 atom stereocenters. The standard InChI is InChI=1S/C21H22F4N4O2/c1-2-9-26-19(30)14-7-8-17(27-12-14)28-10-4-11-29(13-28)20(31)15-5-3-6-16(22)18(15)21(23,24)25/h3,5-8,12H,2,4,9-11,13H2,1H3,(H,26,30). The van der Waals surface area contributed by atoms with Gasteiger partial charge in [0.25, 0.3) is 11.8 Å². The van der Waals surface area contributed by atoms with E-state index in [1.165, 1.54) is 11.1 Å². The van der Waals surface area contributed by atoms with Crippen LogP contribution in [0, 0.1) is 5.82 Å². The van der Waals surface area contributed by atoms with Gasteiger partial charge in [0, 0.05) is 25.8 Å². The van der Waals surface area contributed by atoms with E-state index in [1.807, 2.05) is 6.92 Å². The predicted molar refractivity (Wildman–Crippen MR) is 106 cm³/mol. The molecule has 0 saturated carbocycles. The number of rotatable bonds is 5. The van der Waals surface area contributed by atoms with Gasteiger partial charge in [-0.2, -0.15) is 13.2 Å². The van der Waals surface area contributed by atoms with E-state index in [0.29, 0.717) is 37.0 Å². The van der Waals surface area contributed by atoms with Crippen LogP contribution in [0.15, 0.2) is 36.5 Å². The van der Waals surface area contributed by atoms with Crippen LogP contribution in [0.2, 0.25) is 0 Å². The Balaban J connectivity index is 1.76. The average Bonchev–Trinajstić information content (AvgIpc) is 2.76. The monoisotopic (exact) mass is 438 g/mol. The molecule has 0 unspecified atom stereocenters. The highest BCUT2D eigenvalue weighted by molar-refractivity contribution is 5.96. The fourth-order valence-corrected chi connectivity index (χ4v) is 3.36. The fraction of sp³-hybridized carbons (Fsp3) is 0.381. The van der Waals surface area contributed by atoms with E-state index in [1.54, 1.807) is 17.0 Å². The number of anilines is 1. The number of nitrogens with one attached hydrogen (secondary N) is 1. The molecule has 0 radical (unpaired) electrons. The number of nitrogens with zero attached hydrogens (tertiary/aromatic N) is 3. The summed E-state index contributed by atoms with van der Waals surface area (Å²) in [6.07, 6.45) is -2.27. The second-order valence-electron chi connectivity index (χ2n) is 7.15. The zero-order valence-corrected chi connectivity index (χ0v) is 16.9. The minimum atomic E-state index is -4.98. The average molecular weight is 438 g/mol. The number of amides is 2. The number of aromatic nitrogens is 1. The molecule has 0 bridgehead atoms. The van der Waals surface area contributed by atoms with Gasteiger partial charge >= 0.3 is 6.18 Å². The van der Waals surface area contributed by atoms with Crippen molar-refractivity contribution in [2.75, 3.05) is 31.2 Å². The van der Waals surface area contributed by atoms with Crippen molar-refractivity contribution < 1.29 is 27.2 Å². The molecule has 0 aliphatic carbocycles. The molecule has 1 saturated heterocycles. The van der Waals surface area contributed by atoms with E-state index < -0.39 is 29.0 Å². The summed E-state index contributed by atoms with van der Waals surface area (Å²) < 4.78 is 53.7. The highest BCUT2D eigenvalue weighted by atomic mass is 19.4. The summed E-state index contributed by atoms with van der Waals surface area (Å²) in [6.45, 7) is 3.26. The second-order valence-corrected chi connectivity index (χ2v) is 7.15. The zero-order valence-electron chi connectivity index (χ0n) is 16.9. The van der Waals surface area contributed by atoms with E-state index >= 15 is 0 Å². The third-order valence-corrected chi connectivity index (χ3v) is 4.88. The Morgan fingerprint density at radius 3 is 2.58 bits per heavy atom. The van der Waals surface area contributed by atoms with Crippen molar-refractivity contribution in [1.82, 2.24) is 15.2 Å². The van der Waals surface area contributed by atoms with Gasteiger partial charge in [0.2, 0.25) is 0 Å². The first-order valence-corrected chi connectivity index (χ1v) is 9.86. The number of carbonyl (C=O) groups excluding carboxylic acids is 2. The van der Waals surface area contributed by atoms with Gasteiger partial charge in [-0.3, -0.25) is 9.59 Å². The topological polar surface area (TPSA) is 65.5 Å². The first kappa shape index (κ1) is 22.5. The summed E-state index contributed by atoms with van der Waals surface area (Å²) in [5, 5.41) is 2.74. The lowest BCUT2D eigenvalue weighted by atomic mass is 10.0. The molecular weight excluding hydrogens is 416 g/mol. The van der Waals surface area contributed by atoms with Crippen molar-refractivity contribution >= 4 is 17.6 Å². The van der Waals surface area contributed by atoms with Crippen molar-refractivity contribution in [3.8, 4) is 0 Å². The lowest BCUT2D eigenvalue weighted by molar-refractivity contribution is -0.140. The van der Waals surface area contributed by atoms with Gasteiger partial charge < -0.3 is 15.1 Å². The third-order valence-electron chi connectivity index (χ3n) is 4.88. The first-order chi connectivity index (χ1) is 14.7. The molecule has 1 fully saturated rings. The Morgan fingerprint density at radius 2 is 1.94 bits per heavy atom. The smallest absolute Gasteiger partial charge is 0.352 e. The summed E-state index contributed by atoms with van der Waals surface area (Å²) in [5.74, 6) is -2.14. The van der Waals surface area contributed by atoms with Crippen LogP contribution in [0.3, 0.4) is 0 Å². The Hall–Kier alpha value is -3.17. The van der Waals surface area contributed by atoms with Crippen molar-refractivity contribution in [2.45, 2.75) is 25.9 Å². The van der Waals surface area contributed by atoms with Crippen LogP contribution in [-0.2, 0) is 6.18 Å². The summed E-state index contributed by atoms with van der Waals surface area (Å²) >= 11 is 0. The molecule has 2 aromatic rings. The summed E-state index contributed by atoms with van der Waals surface area (Å²) in [4.78, 5) is 32.0. The molecule has 10 heteroatoms. The Morgan fingerprint density at radius 1 is 1.16 bits per heavy atom. The maximum absolute atomic E-state index is 13.9. The van der Waals surface area contributed by atoms with Crippen LogP contribution in [0.4, 0.5) is 23.4 Å². The number of pyridine rings is 1. The van der Waals surface area contributed by atoms with Gasteiger partial charge in [-0.1, -0.05) is 13.0 Å². The van der Waals surface area contributed by atoms with Gasteiger partial charge in [0.1, 0.15) is 17.2 Å².